The molecular formula is C25H31F3N8O3. The van der Waals surface area contributed by atoms with Crippen molar-refractivity contribution in [3.63, 3.8) is 0 Å². The number of rotatable bonds is 7. The normalized spacial score (nSPS) is 26.2. The van der Waals surface area contributed by atoms with Crippen LogP contribution in [-0.4, -0.2) is 78.0 Å². The molecule has 4 heterocycles. The number of nitrogens with zero attached hydrogens (tertiary/aromatic N) is 6. The zero-order valence-corrected chi connectivity index (χ0v) is 21.5. The number of carbonyl (C=O) groups excluding carboxylic acids is 1. The van der Waals surface area contributed by atoms with Crippen molar-refractivity contribution in [2.24, 2.45) is 5.92 Å². The molecule has 0 radical (unpaired) electrons. The van der Waals surface area contributed by atoms with Crippen LogP contribution < -0.4 is 15.5 Å². The highest BCUT2D eigenvalue weighted by molar-refractivity contribution is 5.83. The van der Waals surface area contributed by atoms with Gasteiger partial charge in [0.2, 0.25) is 5.91 Å². The number of aromatic nitrogens is 5. The Labute approximate surface area is 222 Å². The maximum Gasteiger partial charge on any atom is 0.417 e. The molecule has 0 bridgehead atoms. The molecule has 1 unspecified atom stereocenters. The van der Waals surface area contributed by atoms with Gasteiger partial charge in [0.25, 0.3) is 0 Å². The number of imidazole rings is 1. The van der Waals surface area contributed by atoms with E-state index in [0.29, 0.717) is 42.3 Å². The number of alkyl halides is 3. The summed E-state index contributed by atoms with van der Waals surface area (Å²) in [5.74, 6) is -0.123. The Morgan fingerprint density at radius 3 is 2.67 bits per heavy atom. The second kappa shape index (κ2) is 10.6. The zero-order valence-electron chi connectivity index (χ0n) is 21.5. The average Bonchev–Trinajstić information content (AvgIpc) is 3.62. The third kappa shape index (κ3) is 5.35. The third-order valence-corrected chi connectivity index (χ3v) is 7.63. The molecule has 14 heteroatoms. The molecule has 210 valence electrons. The quantitative estimate of drug-likeness (QED) is 0.349. The lowest BCUT2D eigenvalue weighted by Crippen LogP contribution is -2.41. The first-order valence-electron chi connectivity index (χ1n) is 13.0. The van der Waals surface area contributed by atoms with Crippen molar-refractivity contribution >= 4 is 28.7 Å². The molecule has 39 heavy (non-hydrogen) atoms. The largest absolute Gasteiger partial charge is 0.417 e. The van der Waals surface area contributed by atoms with E-state index in [0.717, 1.165) is 18.7 Å². The van der Waals surface area contributed by atoms with E-state index in [1.807, 2.05) is 18.7 Å². The molecule has 0 aromatic carbocycles. The molecule has 5 rings (SSSR count). The van der Waals surface area contributed by atoms with E-state index in [4.69, 9.17) is 0 Å². The summed E-state index contributed by atoms with van der Waals surface area (Å²) < 4.78 is 40.2. The van der Waals surface area contributed by atoms with Gasteiger partial charge in [-0.25, -0.2) is 19.9 Å². The van der Waals surface area contributed by atoms with Crippen LogP contribution in [0.1, 0.15) is 44.7 Å². The Balaban J connectivity index is 1.29. The number of hydrogen-bond acceptors (Lipinski definition) is 9. The van der Waals surface area contributed by atoms with Crippen molar-refractivity contribution in [1.29, 1.82) is 0 Å². The first kappa shape index (κ1) is 27.1. The number of fused-ring (bicyclic) bond motifs is 1. The molecule has 4 N–H and O–H groups in total. The van der Waals surface area contributed by atoms with Gasteiger partial charge in [-0.1, -0.05) is 6.92 Å². The first-order chi connectivity index (χ1) is 18.6. The Morgan fingerprint density at radius 1 is 1.18 bits per heavy atom. The molecule has 3 aromatic heterocycles. The van der Waals surface area contributed by atoms with Crippen LogP contribution in [0.3, 0.4) is 0 Å². The molecule has 3 aromatic rings. The minimum atomic E-state index is -4.43. The molecular weight excluding hydrogens is 517 g/mol. The minimum Gasteiger partial charge on any atom is -0.390 e. The summed E-state index contributed by atoms with van der Waals surface area (Å²) in [6, 6.07) is 1.68. The van der Waals surface area contributed by atoms with Gasteiger partial charge in [0.15, 0.2) is 11.5 Å². The van der Waals surface area contributed by atoms with E-state index in [-0.39, 0.29) is 24.4 Å². The number of halogens is 3. The summed E-state index contributed by atoms with van der Waals surface area (Å²) in [4.78, 5) is 31.7. The Morgan fingerprint density at radius 2 is 1.97 bits per heavy atom. The number of hydrogen-bond donors (Lipinski definition) is 4. The van der Waals surface area contributed by atoms with Gasteiger partial charge in [-0.3, -0.25) is 4.79 Å². The Kier molecular flexibility index (Phi) is 7.33. The van der Waals surface area contributed by atoms with E-state index in [1.54, 1.807) is 4.57 Å². The SMILES string of the molecule is CC[C@@H](C)NC(=O)[C@H]1C[C@@H](n2cnc3c(NC4CCN(c5ccc(C(F)(F)F)cn5)C4)ncnc32)[C@H](O)[C@@H]1O. The average molecular weight is 549 g/mol. The smallest absolute Gasteiger partial charge is 0.390 e. The predicted molar refractivity (Wildman–Crippen MR) is 136 cm³/mol. The molecule has 2 fully saturated rings. The second-order valence-electron chi connectivity index (χ2n) is 10.2. The predicted octanol–water partition coefficient (Wildman–Crippen LogP) is 2.13. The summed E-state index contributed by atoms with van der Waals surface area (Å²) >= 11 is 0. The first-order valence-corrected chi connectivity index (χ1v) is 13.0. The van der Waals surface area contributed by atoms with Gasteiger partial charge in [-0.15, -0.1) is 0 Å². The molecule has 1 aliphatic heterocycles. The van der Waals surface area contributed by atoms with Gasteiger partial charge in [-0.05, 0) is 38.3 Å². The Bertz CT molecular complexity index is 1320. The van der Waals surface area contributed by atoms with Crippen molar-refractivity contribution in [2.45, 2.75) is 69.6 Å². The van der Waals surface area contributed by atoms with E-state index < -0.39 is 35.9 Å². The number of pyridine rings is 1. The van der Waals surface area contributed by atoms with Crippen molar-refractivity contribution in [2.75, 3.05) is 23.3 Å². The number of aliphatic hydroxyl groups excluding tert-OH is 2. The molecule has 1 aliphatic carbocycles. The number of aliphatic hydroxyl groups is 2. The zero-order chi connectivity index (χ0) is 27.9. The monoisotopic (exact) mass is 548 g/mol. The highest BCUT2D eigenvalue weighted by atomic mass is 19.4. The van der Waals surface area contributed by atoms with Crippen LogP contribution in [0, 0.1) is 5.92 Å². The lowest BCUT2D eigenvalue weighted by Gasteiger charge is -2.19. The van der Waals surface area contributed by atoms with Crippen LogP contribution in [-0.2, 0) is 11.0 Å². The lowest BCUT2D eigenvalue weighted by molar-refractivity contribution is -0.137. The van der Waals surface area contributed by atoms with Crippen molar-refractivity contribution < 1.29 is 28.2 Å². The molecule has 1 saturated heterocycles. The maximum absolute atomic E-state index is 12.9. The second-order valence-corrected chi connectivity index (χ2v) is 10.2. The van der Waals surface area contributed by atoms with Gasteiger partial charge in [0.1, 0.15) is 23.8 Å². The van der Waals surface area contributed by atoms with Gasteiger partial charge in [-0.2, -0.15) is 13.2 Å². The molecule has 2 aliphatic rings. The van der Waals surface area contributed by atoms with E-state index in [9.17, 15) is 28.2 Å². The standard InChI is InChI=1S/C25H31F3N8O3/c1-3-13(2)33-24(39)16-8-17(21(38)20(16)37)36-12-32-19-22(30-11-31-23(19)36)34-15-6-7-35(10-15)18-5-4-14(9-29-18)25(26,27)28/h4-5,9,11-13,15-17,20-21,37-38H,3,6-8,10H2,1-2H3,(H,33,39)(H,30,31,34)/t13-,15?,16+,17-,20-,21+/m1/s1. The van der Waals surface area contributed by atoms with Gasteiger partial charge < -0.3 is 30.3 Å². The fourth-order valence-electron chi connectivity index (χ4n) is 5.22. The summed E-state index contributed by atoms with van der Waals surface area (Å²) in [7, 11) is 0. The molecule has 1 amide bonds. The summed E-state index contributed by atoms with van der Waals surface area (Å²) in [5.41, 5.74) is 0.130. The van der Waals surface area contributed by atoms with Gasteiger partial charge in [0.05, 0.1) is 30.0 Å². The van der Waals surface area contributed by atoms with Crippen LogP contribution in [0.5, 0.6) is 0 Å². The number of anilines is 2. The minimum absolute atomic E-state index is 0.0436. The van der Waals surface area contributed by atoms with Gasteiger partial charge in [0, 0.05) is 31.4 Å². The van der Waals surface area contributed by atoms with E-state index in [2.05, 4.69) is 30.6 Å². The summed E-state index contributed by atoms with van der Waals surface area (Å²) in [6.07, 6.45) is -1.43. The van der Waals surface area contributed by atoms with Gasteiger partial charge >= 0.3 is 6.18 Å². The molecule has 11 nitrogen and oxygen atoms in total. The fraction of sp³-hybridized carbons (Fsp3) is 0.560. The van der Waals surface area contributed by atoms with Crippen LogP contribution >= 0.6 is 0 Å². The van der Waals surface area contributed by atoms with Crippen molar-refractivity contribution in [3.05, 3.63) is 36.5 Å². The highest BCUT2D eigenvalue weighted by Crippen LogP contribution is 2.38. The Hall–Kier alpha value is -3.52. The maximum atomic E-state index is 12.9. The van der Waals surface area contributed by atoms with Crippen LogP contribution in [0.15, 0.2) is 31.0 Å². The molecule has 1 saturated carbocycles. The van der Waals surface area contributed by atoms with E-state index in [1.165, 1.54) is 18.7 Å². The van der Waals surface area contributed by atoms with E-state index >= 15 is 0 Å². The van der Waals surface area contributed by atoms with Crippen LogP contribution in [0.25, 0.3) is 11.2 Å². The highest BCUT2D eigenvalue weighted by Gasteiger charge is 2.46. The third-order valence-electron chi connectivity index (χ3n) is 7.63. The fourth-order valence-corrected chi connectivity index (χ4v) is 5.22. The topological polar surface area (TPSA) is 141 Å². The van der Waals surface area contributed by atoms with Crippen LogP contribution in [0.4, 0.5) is 24.8 Å². The number of amides is 1. The van der Waals surface area contributed by atoms with Crippen LogP contribution in [0.2, 0.25) is 0 Å². The number of carbonyl (C=O) groups is 1. The molecule has 0 spiro atoms. The summed E-state index contributed by atoms with van der Waals surface area (Å²) in [6.45, 7) is 4.94. The van der Waals surface area contributed by atoms with Crippen molar-refractivity contribution in [3.8, 4) is 0 Å². The molecule has 6 atom stereocenters. The van der Waals surface area contributed by atoms with Crippen molar-refractivity contribution in [1.82, 2.24) is 29.8 Å². The lowest BCUT2D eigenvalue weighted by atomic mass is 10.0. The summed E-state index contributed by atoms with van der Waals surface area (Å²) in [5, 5.41) is 27.6. The number of nitrogens with one attached hydrogen (secondary N) is 2.